The van der Waals surface area contributed by atoms with Crippen molar-refractivity contribution < 1.29 is 21.6 Å². The predicted octanol–water partition coefficient (Wildman–Crippen LogP) is 3.71. The lowest BCUT2D eigenvalue weighted by Gasteiger charge is -2.30. The van der Waals surface area contributed by atoms with Crippen molar-refractivity contribution >= 4 is 27.6 Å². The second-order valence-corrected chi connectivity index (χ2v) is 10.3. The van der Waals surface area contributed by atoms with Crippen LogP contribution in [0.5, 0.6) is 0 Å². The summed E-state index contributed by atoms with van der Waals surface area (Å²) in [7, 11) is -3.30. The zero-order valence-corrected chi connectivity index (χ0v) is 19.9. The minimum atomic E-state index is -4.73. The molecule has 0 saturated carbocycles. The van der Waals surface area contributed by atoms with E-state index in [1.165, 1.54) is 27.5 Å². The largest absolute Gasteiger partial charge is 0.420 e. The number of hydrogen-bond acceptors (Lipinski definition) is 7. The van der Waals surface area contributed by atoms with Crippen molar-refractivity contribution in [2.24, 2.45) is 0 Å². The van der Waals surface area contributed by atoms with E-state index in [1.807, 2.05) is 6.07 Å². The predicted molar refractivity (Wildman–Crippen MR) is 122 cm³/mol. The summed E-state index contributed by atoms with van der Waals surface area (Å²) >= 11 is 6.25. The van der Waals surface area contributed by atoms with Crippen LogP contribution in [0.15, 0.2) is 36.9 Å². The molecule has 1 aliphatic heterocycles. The standard InChI is InChI=1S/C21H19ClF3N7O2S/c1-35(33,34)32-7-5-14(6-8-32)29-20-27-10-15(21(23,24)25)19(30-20)16-11-31(12-28-16)17-4-2-3-13(9-26)18(17)22/h2-4,10-12,14H,5-8H2,1H3,(H,27,29,30). The third kappa shape index (κ3) is 5.39. The first-order valence-electron chi connectivity index (χ1n) is 10.4. The highest BCUT2D eigenvalue weighted by molar-refractivity contribution is 7.88. The lowest BCUT2D eigenvalue weighted by Crippen LogP contribution is -2.42. The maximum Gasteiger partial charge on any atom is 0.420 e. The molecular weight excluding hydrogens is 507 g/mol. The van der Waals surface area contributed by atoms with Gasteiger partial charge in [0.05, 0.1) is 22.5 Å². The molecule has 1 aliphatic rings. The monoisotopic (exact) mass is 525 g/mol. The normalized spacial score (nSPS) is 15.7. The first-order chi connectivity index (χ1) is 16.5. The molecule has 0 unspecified atom stereocenters. The molecule has 0 aliphatic carbocycles. The Hall–Kier alpha value is -3.21. The number of sulfonamides is 1. The van der Waals surface area contributed by atoms with E-state index in [2.05, 4.69) is 20.3 Å². The molecule has 184 valence electrons. The Labute approximate surface area is 204 Å². The van der Waals surface area contributed by atoms with E-state index in [-0.39, 0.29) is 41.4 Å². The van der Waals surface area contributed by atoms with Crippen molar-refractivity contribution in [2.45, 2.75) is 25.1 Å². The van der Waals surface area contributed by atoms with E-state index < -0.39 is 27.5 Å². The summed E-state index contributed by atoms with van der Waals surface area (Å²) in [6.07, 6.45) is 0.636. The number of aromatic nitrogens is 4. The zero-order valence-electron chi connectivity index (χ0n) is 18.3. The average molecular weight is 526 g/mol. The Morgan fingerprint density at radius 1 is 1.23 bits per heavy atom. The van der Waals surface area contributed by atoms with Gasteiger partial charge < -0.3 is 9.88 Å². The summed E-state index contributed by atoms with van der Waals surface area (Å²) in [6.45, 7) is 0.577. The van der Waals surface area contributed by atoms with Crippen LogP contribution in [0.3, 0.4) is 0 Å². The summed E-state index contributed by atoms with van der Waals surface area (Å²) in [6, 6.07) is 6.47. The summed E-state index contributed by atoms with van der Waals surface area (Å²) in [4.78, 5) is 12.0. The summed E-state index contributed by atoms with van der Waals surface area (Å²) in [5, 5.41) is 12.3. The highest BCUT2D eigenvalue weighted by Crippen LogP contribution is 2.36. The molecule has 2 aromatic heterocycles. The molecular formula is C21H19ClF3N7O2S. The van der Waals surface area contributed by atoms with Crippen molar-refractivity contribution in [3.05, 3.63) is 53.1 Å². The Kier molecular flexibility index (Phi) is 6.72. The number of hydrogen-bond donors (Lipinski definition) is 1. The zero-order chi connectivity index (χ0) is 25.4. The molecule has 1 saturated heterocycles. The average Bonchev–Trinajstić information content (AvgIpc) is 3.28. The Bertz CT molecular complexity index is 1390. The van der Waals surface area contributed by atoms with Crippen molar-refractivity contribution in [3.8, 4) is 23.1 Å². The van der Waals surface area contributed by atoms with Gasteiger partial charge in [-0.2, -0.15) is 18.4 Å². The van der Waals surface area contributed by atoms with Crippen LogP contribution in [0.25, 0.3) is 17.1 Å². The number of imidazole rings is 1. The molecule has 3 aromatic rings. The molecule has 0 atom stereocenters. The third-order valence-corrected chi connectivity index (χ3v) is 7.25. The molecule has 0 radical (unpaired) electrons. The fraction of sp³-hybridized carbons (Fsp3) is 0.333. The quantitative estimate of drug-likeness (QED) is 0.539. The van der Waals surface area contributed by atoms with E-state index in [1.54, 1.807) is 12.1 Å². The van der Waals surface area contributed by atoms with Crippen molar-refractivity contribution in [1.82, 2.24) is 23.8 Å². The van der Waals surface area contributed by atoms with Crippen LogP contribution < -0.4 is 5.32 Å². The first kappa shape index (κ1) is 24.9. The fourth-order valence-electron chi connectivity index (χ4n) is 3.75. The van der Waals surface area contributed by atoms with Gasteiger partial charge in [-0.1, -0.05) is 17.7 Å². The van der Waals surface area contributed by atoms with E-state index in [4.69, 9.17) is 11.6 Å². The molecule has 1 N–H and O–H groups in total. The van der Waals surface area contributed by atoms with Gasteiger partial charge in [-0.15, -0.1) is 0 Å². The molecule has 3 heterocycles. The van der Waals surface area contributed by atoms with Gasteiger partial charge in [0.1, 0.15) is 29.3 Å². The Morgan fingerprint density at radius 3 is 2.57 bits per heavy atom. The summed E-state index contributed by atoms with van der Waals surface area (Å²) < 4.78 is 67.3. The van der Waals surface area contributed by atoms with Crippen LogP contribution in [0.4, 0.5) is 19.1 Å². The van der Waals surface area contributed by atoms with Crippen LogP contribution in [-0.2, 0) is 16.2 Å². The molecule has 4 rings (SSSR count). The second-order valence-electron chi connectivity index (χ2n) is 7.95. The van der Waals surface area contributed by atoms with Gasteiger partial charge in [-0.25, -0.2) is 27.7 Å². The lowest BCUT2D eigenvalue weighted by atomic mass is 10.1. The van der Waals surface area contributed by atoms with Crippen molar-refractivity contribution in [3.63, 3.8) is 0 Å². The third-order valence-electron chi connectivity index (χ3n) is 5.55. The first-order valence-corrected chi connectivity index (χ1v) is 12.6. The van der Waals surface area contributed by atoms with Crippen molar-refractivity contribution in [1.29, 1.82) is 5.26 Å². The molecule has 0 spiro atoms. The van der Waals surface area contributed by atoms with Gasteiger partial charge in [-0.3, -0.25) is 0 Å². The topological polar surface area (TPSA) is 117 Å². The van der Waals surface area contributed by atoms with E-state index >= 15 is 0 Å². The van der Waals surface area contributed by atoms with Crippen LogP contribution in [0, 0.1) is 11.3 Å². The Balaban J connectivity index is 1.64. The number of rotatable bonds is 5. The number of anilines is 1. The van der Waals surface area contributed by atoms with Crippen molar-refractivity contribution in [2.75, 3.05) is 24.7 Å². The number of nitriles is 1. The number of nitrogens with zero attached hydrogens (tertiary/aromatic N) is 6. The SMILES string of the molecule is CS(=O)(=O)N1CCC(Nc2ncc(C(F)(F)F)c(-c3cn(-c4cccc(C#N)c4Cl)cn3)n2)CC1. The maximum absolute atomic E-state index is 13.7. The molecule has 0 amide bonds. The number of piperidine rings is 1. The van der Waals surface area contributed by atoms with Gasteiger partial charge in [-0.05, 0) is 25.0 Å². The minimum Gasteiger partial charge on any atom is -0.351 e. The molecule has 0 bridgehead atoms. The molecule has 9 nitrogen and oxygen atoms in total. The molecule has 1 aromatic carbocycles. The highest BCUT2D eigenvalue weighted by Gasteiger charge is 2.36. The van der Waals surface area contributed by atoms with Crippen LogP contribution in [0.1, 0.15) is 24.0 Å². The maximum atomic E-state index is 13.7. The number of alkyl halides is 3. The van der Waals surface area contributed by atoms with Gasteiger partial charge >= 0.3 is 6.18 Å². The minimum absolute atomic E-state index is 0.0233. The number of benzene rings is 1. The highest BCUT2D eigenvalue weighted by atomic mass is 35.5. The fourth-order valence-corrected chi connectivity index (χ4v) is 4.89. The van der Waals surface area contributed by atoms with Gasteiger partial charge in [0.15, 0.2) is 0 Å². The number of halogens is 4. The van der Waals surface area contributed by atoms with Crippen LogP contribution in [0.2, 0.25) is 5.02 Å². The summed E-state index contributed by atoms with van der Waals surface area (Å²) in [5.41, 5.74) is -0.950. The van der Waals surface area contributed by atoms with Crippen LogP contribution >= 0.6 is 11.6 Å². The molecule has 1 fully saturated rings. The summed E-state index contributed by atoms with van der Waals surface area (Å²) in [5.74, 6) is -0.0233. The van der Waals surface area contributed by atoms with E-state index in [9.17, 15) is 26.9 Å². The van der Waals surface area contributed by atoms with Crippen LogP contribution in [-0.4, -0.2) is 57.6 Å². The second kappa shape index (κ2) is 9.44. The van der Waals surface area contributed by atoms with Gasteiger partial charge in [0, 0.05) is 31.5 Å². The van der Waals surface area contributed by atoms with E-state index in [0.29, 0.717) is 24.7 Å². The molecule has 14 heteroatoms. The number of nitrogens with one attached hydrogen (secondary N) is 1. The lowest BCUT2D eigenvalue weighted by molar-refractivity contribution is -0.137. The van der Waals surface area contributed by atoms with E-state index in [0.717, 1.165) is 6.26 Å². The molecule has 35 heavy (non-hydrogen) atoms. The van der Waals surface area contributed by atoms with Gasteiger partial charge in [0.25, 0.3) is 0 Å². The Morgan fingerprint density at radius 2 is 1.94 bits per heavy atom. The smallest absolute Gasteiger partial charge is 0.351 e. The van der Waals surface area contributed by atoms with Gasteiger partial charge in [0.2, 0.25) is 16.0 Å².